The summed E-state index contributed by atoms with van der Waals surface area (Å²) in [5.74, 6) is 1.16. The van der Waals surface area contributed by atoms with Crippen LogP contribution in [0, 0.1) is 6.92 Å². The molecule has 124 valence electrons. The first-order chi connectivity index (χ1) is 11.0. The highest BCUT2D eigenvalue weighted by atomic mass is 32.1. The van der Waals surface area contributed by atoms with Gasteiger partial charge in [-0.05, 0) is 55.2 Å². The Hall–Kier alpha value is -1.95. The van der Waals surface area contributed by atoms with Gasteiger partial charge in [0.25, 0.3) is 5.56 Å². The predicted molar refractivity (Wildman–Crippen MR) is 98.2 cm³/mol. The fourth-order valence-corrected chi connectivity index (χ4v) is 2.69. The van der Waals surface area contributed by atoms with Crippen molar-refractivity contribution in [2.45, 2.75) is 39.7 Å². The number of nitrogens with one attached hydrogen (secondary N) is 2. The first-order valence-corrected chi connectivity index (χ1v) is 8.50. The highest BCUT2D eigenvalue weighted by molar-refractivity contribution is 7.80. The first-order valence-electron chi connectivity index (χ1n) is 7.86. The molecule has 1 aromatic heterocycles. The molecule has 1 aromatic carbocycles. The van der Waals surface area contributed by atoms with Crippen molar-refractivity contribution in [2.75, 3.05) is 11.1 Å². The lowest BCUT2D eigenvalue weighted by atomic mass is 10.1. The molecule has 2 rings (SSSR count). The number of thiol groups is 1. The smallest absolute Gasteiger partial charge is 0.329 e. The summed E-state index contributed by atoms with van der Waals surface area (Å²) in [6, 6.07) is 7.42. The maximum absolute atomic E-state index is 12.1. The molecule has 0 aliphatic carbocycles. The number of aryl methyl sites for hydroxylation is 2. The summed E-state index contributed by atoms with van der Waals surface area (Å²) >= 11 is 4.13. The summed E-state index contributed by atoms with van der Waals surface area (Å²) in [6.07, 6.45) is 2.57. The number of unbranched alkanes of at least 4 members (excludes halogenated alkanes) is 1. The quantitative estimate of drug-likeness (QED) is 0.539. The topological polar surface area (TPSA) is 66.9 Å². The summed E-state index contributed by atoms with van der Waals surface area (Å²) in [5, 5.41) is 3.10. The maximum atomic E-state index is 12.1. The average Bonchev–Trinajstić information content (AvgIpc) is 2.52. The average molecular weight is 333 g/mol. The lowest BCUT2D eigenvalue weighted by Crippen LogP contribution is -2.35. The highest BCUT2D eigenvalue weighted by Crippen LogP contribution is 2.18. The molecule has 0 bridgehead atoms. The van der Waals surface area contributed by atoms with E-state index < -0.39 is 0 Å². The number of hydrogen-bond acceptors (Lipinski definition) is 4. The van der Waals surface area contributed by atoms with Crippen molar-refractivity contribution in [3.05, 3.63) is 56.2 Å². The largest absolute Gasteiger partial charge is 0.342 e. The molecule has 0 amide bonds. The maximum Gasteiger partial charge on any atom is 0.329 e. The number of benzene rings is 1. The lowest BCUT2D eigenvalue weighted by molar-refractivity contribution is 0.586. The molecule has 0 fully saturated rings. The van der Waals surface area contributed by atoms with Crippen molar-refractivity contribution in [1.29, 1.82) is 0 Å². The fraction of sp³-hybridized carbons (Fsp3) is 0.412. The molecule has 0 saturated heterocycles. The Balaban J connectivity index is 2.21. The summed E-state index contributed by atoms with van der Waals surface area (Å²) in [7, 11) is 0. The minimum absolute atomic E-state index is 0.293. The molecule has 0 aliphatic rings. The van der Waals surface area contributed by atoms with E-state index in [0.717, 1.165) is 30.7 Å². The Bertz CT molecular complexity index is 749. The van der Waals surface area contributed by atoms with Gasteiger partial charge in [0, 0.05) is 18.3 Å². The Morgan fingerprint density at radius 1 is 1.22 bits per heavy atom. The Labute approximate surface area is 141 Å². The highest BCUT2D eigenvalue weighted by Gasteiger charge is 2.05. The summed E-state index contributed by atoms with van der Waals surface area (Å²) in [6.45, 7) is 4.58. The van der Waals surface area contributed by atoms with Crippen LogP contribution >= 0.6 is 12.6 Å². The standard InChI is InChI=1S/C17H23N3O2S/c1-3-13-10-14(7-6-12(13)2)18-15-11-16(21)20(17(22)19-15)8-4-5-9-23/h6-7,10-11,18,23H,3-5,8-9H2,1-2H3,(H,19,22). The molecular formula is C17H23N3O2S. The molecule has 23 heavy (non-hydrogen) atoms. The second-order valence-electron chi connectivity index (χ2n) is 5.53. The van der Waals surface area contributed by atoms with E-state index in [4.69, 9.17) is 0 Å². The zero-order chi connectivity index (χ0) is 16.8. The van der Waals surface area contributed by atoms with Crippen LogP contribution in [-0.2, 0) is 13.0 Å². The van der Waals surface area contributed by atoms with Crippen molar-refractivity contribution in [2.24, 2.45) is 0 Å². The second kappa shape index (κ2) is 8.06. The van der Waals surface area contributed by atoms with E-state index in [9.17, 15) is 9.59 Å². The van der Waals surface area contributed by atoms with Crippen LogP contribution in [0.3, 0.4) is 0 Å². The molecule has 2 N–H and O–H groups in total. The molecule has 5 nitrogen and oxygen atoms in total. The van der Waals surface area contributed by atoms with Crippen LogP contribution in [0.5, 0.6) is 0 Å². The van der Waals surface area contributed by atoms with Gasteiger partial charge < -0.3 is 5.32 Å². The molecular weight excluding hydrogens is 310 g/mol. The first kappa shape index (κ1) is 17.4. The molecule has 0 aliphatic heterocycles. The van der Waals surface area contributed by atoms with Gasteiger partial charge in [-0.3, -0.25) is 14.3 Å². The van der Waals surface area contributed by atoms with Gasteiger partial charge >= 0.3 is 5.69 Å². The zero-order valence-corrected chi connectivity index (χ0v) is 14.5. The Kier molecular flexibility index (Phi) is 6.10. The van der Waals surface area contributed by atoms with Crippen molar-refractivity contribution in [3.8, 4) is 0 Å². The molecule has 0 radical (unpaired) electrons. The van der Waals surface area contributed by atoms with Gasteiger partial charge in [-0.1, -0.05) is 13.0 Å². The van der Waals surface area contributed by atoms with Crippen molar-refractivity contribution in [1.82, 2.24) is 9.55 Å². The third-order valence-electron chi connectivity index (χ3n) is 3.82. The van der Waals surface area contributed by atoms with Crippen molar-refractivity contribution in [3.63, 3.8) is 0 Å². The van der Waals surface area contributed by atoms with Crippen LogP contribution in [0.4, 0.5) is 11.5 Å². The van der Waals surface area contributed by atoms with Gasteiger partial charge in [-0.2, -0.15) is 12.6 Å². The minimum Gasteiger partial charge on any atom is -0.342 e. The van der Waals surface area contributed by atoms with Crippen molar-refractivity contribution >= 4 is 24.1 Å². The van der Waals surface area contributed by atoms with E-state index in [2.05, 4.69) is 36.8 Å². The van der Waals surface area contributed by atoms with Crippen LogP contribution < -0.4 is 16.6 Å². The normalized spacial score (nSPS) is 10.7. The van der Waals surface area contributed by atoms with Crippen LogP contribution in [0.1, 0.15) is 30.9 Å². The Morgan fingerprint density at radius 2 is 2.00 bits per heavy atom. The number of nitrogens with zero attached hydrogens (tertiary/aromatic N) is 1. The number of hydrogen-bond donors (Lipinski definition) is 3. The molecule has 2 aromatic rings. The summed E-state index contributed by atoms with van der Waals surface area (Å²) in [4.78, 5) is 26.9. The third-order valence-corrected chi connectivity index (χ3v) is 4.14. The molecule has 0 atom stereocenters. The van der Waals surface area contributed by atoms with E-state index in [1.54, 1.807) is 0 Å². The van der Waals surface area contributed by atoms with Crippen LogP contribution in [0.25, 0.3) is 0 Å². The van der Waals surface area contributed by atoms with Gasteiger partial charge in [0.15, 0.2) is 0 Å². The van der Waals surface area contributed by atoms with Gasteiger partial charge in [-0.15, -0.1) is 0 Å². The molecule has 1 heterocycles. The van der Waals surface area contributed by atoms with E-state index in [1.165, 1.54) is 21.8 Å². The molecule has 0 saturated carbocycles. The molecule has 0 unspecified atom stereocenters. The number of aromatic nitrogens is 2. The fourth-order valence-electron chi connectivity index (χ4n) is 2.47. The predicted octanol–water partition coefficient (Wildman–Crippen LogP) is 2.86. The second-order valence-corrected chi connectivity index (χ2v) is 5.98. The van der Waals surface area contributed by atoms with Crippen molar-refractivity contribution < 1.29 is 0 Å². The zero-order valence-electron chi connectivity index (χ0n) is 13.6. The summed E-state index contributed by atoms with van der Waals surface area (Å²) in [5.41, 5.74) is 2.64. The molecule has 0 spiro atoms. The van der Waals surface area contributed by atoms with E-state index >= 15 is 0 Å². The Morgan fingerprint density at radius 3 is 2.65 bits per heavy atom. The summed E-state index contributed by atoms with van der Waals surface area (Å²) < 4.78 is 1.22. The van der Waals surface area contributed by atoms with Crippen LogP contribution in [-0.4, -0.2) is 15.3 Å². The number of rotatable bonds is 7. The van der Waals surface area contributed by atoms with Crippen LogP contribution in [0.15, 0.2) is 33.9 Å². The van der Waals surface area contributed by atoms with E-state index in [1.807, 2.05) is 18.2 Å². The van der Waals surface area contributed by atoms with Crippen LogP contribution in [0.2, 0.25) is 0 Å². The number of H-pyrrole nitrogens is 1. The van der Waals surface area contributed by atoms with Gasteiger partial charge in [0.05, 0.1) is 0 Å². The SMILES string of the molecule is CCc1cc(Nc2cc(=O)n(CCCCS)c(=O)[nH]2)ccc1C. The number of anilines is 2. The van der Waals surface area contributed by atoms with Gasteiger partial charge in [0.2, 0.25) is 0 Å². The minimum atomic E-state index is -0.387. The van der Waals surface area contributed by atoms with E-state index in [-0.39, 0.29) is 11.2 Å². The van der Waals surface area contributed by atoms with E-state index in [0.29, 0.717) is 12.4 Å². The number of aromatic amines is 1. The molecule has 6 heteroatoms. The monoisotopic (exact) mass is 333 g/mol. The van der Waals surface area contributed by atoms with Gasteiger partial charge in [-0.25, -0.2) is 4.79 Å². The van der Waals surface area contributed by atoms with Gasteiger partial charge in [0.1, 0.15) is 5.82 Å². The lowest BCUT2D eigenvalue weighted by Gasteiger charge is -2.11. The third kappa shape index (κ3) is 4.51.